The van der Waals surface area contributed by atoms with Crippen molar-refractivity contribution in [3.63, 3.8) is 0 Å². The molecule has 0 aliphatic carbocycles. The second kappa shape index (κ2) is 7.40. The van der Waals surface area contributed by atoms with Crippen LogP contribution in [-0.2, 0) is 22.7 Å². The van der Waals surface area contributed by atoms with Crippen molar-refractivity contribution in [3.8, 4) is 0 Å². The van der Waals surface area contributed by atoms with Crippen molar-refractivity contribution in [1.29, 1.82) is 0 Å². The molecule has 2 N–H and O–H groups in total. The van der Waals surface area contributed by atoms with E-state index in [0.717, 1.165) is 30.8 Å². The van der Waals surface area contributed by atoms with Crippen molar-refractivity contribution in [1.82, 2.24) is 20.4 Å². The van der Waals surface area contributed by atoms with Crippen molar-refractivity contribution in [2.45, 2.75) is 50.9 Å². The van der Waals surface area contributed by atoms with Gasteiger partial charge in [-0.25, -0.2) is 0 Å². The number of rotatable bonds is 5. The zero-order valence-corrected chi connectivity index (χ0v) is 15.7. The lowest BCUT2D eigenvalue weighted by Crippen LogP contribution is -2.52. The Kier molecular flexibility index (Phi) is 4.97. The maximum atomic E-state index is 12.9. The molecule has 3 aliphatic rings. The number of nitrogens with zero attached hydrogens (tertiary/aromatic N) is 2. The van der Waals surface area contributed by atoms with Gasteiger partial charge in [0.25, 0.3) is 5.91 Å². The molecule has 1 unspecified atom stereocenters. The van der Waals surface area contributed by atoms with Gasteiger partial charge < -0.3 is 15.1 Å². The van der Waals surface area contributed by atoms with Gasteiger partial charge in [-0.05, 0) is 50.0 Å². The first-order valence-corrected chi connectivity index (χ1v) is 9.70. The summed E-state index contributed by atoms with van der Waals surface area (Å²) >= 11 is 0. The molecule has 0 spiro atoms. The molecule has 0 radical (unpaired) electrons. The SMILES string of the molecule is CN(Cc1cccc2c1CN(C1CCC(=O)NC1=O)C2=O)C[C@@H]1CCCN1. The molecule has 4 rings (SSSR count). The van der Waals surface area contributed by atoms with Crippen molar-refractivity contribution in [3.05, 3.63) is 34.9 Å². The van der Waals surface area contributed by atoms with Gasteiger partial charge in [0.2, 0.25) is 11.8 Å². The predicted octanol–water partition coefficient (Wildman–Crippen LogP) is 0.631. The third-order valence-corrected chi connectivity index (χ3v) is 5.81. The highest BCUT2D eigenvalue weighted by molar-refractivity contribution is 6.05. The van der Waals surface area contributed by atoms with Crippen LogP contribution in [0.25, 0.3) is 0 Å². The minimum Gasteiger partial charge on any atom is -0.322 e. The van der Waals surface area contributed by atoms with Gasteiger partial charge in [-0.3, -0.25) is 19.7 Å². The summed E-state index contributed by atoms with van der Waals surface area (Å²) in [6.07, 6.45) is 3.11. The lowest BCUT2D eigenvalue weighted by molar-refractivity contribution is -0.136. The number of fused-ring (bicyclic) bond motifs is 1. The number of carbonyl (C=O) groups is 3. The largest absolute Gasteiger partial charge is 0.322 e. The molecule has 27 heavy (non-hydrogen) atoms. The van der Waals surface area contributed by atoms with Crippen LogP contribution >= 0.6 is 0 Å². The highest BCUT2D eigenvalue weighted by Crippen LogP contribution is 2.30. The Hall–Kier alpha value is -2.25. The molecule has 0 saturated carbocycles. The molecule has 3 amide bonds. The van der Waals surface area contributed by atoms with Crippen LogP contribution in [0, 0.1) is 0 Å². The van der Waals surface area contributed by atoms with Crippen molar-refractivity contribution in [2.75, 3.05) is 20.1 Å². The number of nitrogens with one attached hydrogen (secondary N) is 2. The monoisotopic (exact) mass is 370 g/mol. The summed E-state index contributed by atoms with van der Waals surface area (Å²) in [5.74, 6) is -0.733. The fraction of sp³-hybridized carbons (Fsp3) is 0.550. The molecule has 144 valence electrons. The Bertz CT molecular complexity index is 772. The Balaban J connectivity index is 1.48. The van der Waals surface area contributed by atoms with Crippen molar-refractivity contribution in [2.24, 2.45) is 0 Å². The van der Waals surface area contributed by atoms with Crippen LogP contribution in [0.3, 0.4) is 0 Å². The summed E-state index contributed by atoms with van der Waals surface area (Å²) in [5, 5.41) is 5.87. The maximum absolute atomic E-state index is 12.9. The predicted molar refractivity (Wildman–Crippen MR) is 99.8 cm³/mol. The third-order valence-electron chi connectivity index (χ3n) is 5.81. The molecule has 2 saturated heterocycles. The van der Waals surface area contributed by atoms with Gasteiger partial charge in [0, 0.05) is 37.7 Å². The maximum Gasteiger partial charge on any atom is 0.255 e. The topological polar surface area (TPSA) is 81.8 Å². The average molecular weight is 370 g/mol. The van der Waals surface area contributed by atoms with Gasteiger partial charge in [-0.15, -0.1) is 0 Å². The Morgan fingerprint density at radius 1 is 1.22 bits per heavy atom. The molecule has 3 aliphatic heterocycles. The van der Waals surface area contributed by atoms with E-state index >= 15 is 0 Å². The summed E-state index contributed by atoms with van der Waals surface area (Å²) in [7, 11) is 2.11. The van der Waals surface area contributed by atoms with Crippen LogP contribution in [0.5, 0.6) is 0 Å². The summed E-state index contributed by atoms with van der Waals surface area (Å²) in [5.41, 5.74) is 2.83. The Morgan fingerprint density at radius 3 is 2.81 bits per heavy atom. The molecular formula is C20H26N4O3. The number of piperidine rings is 1. The first kappa shape index (κ1) is 18.1. The first-order valence-electron chi connectivity index (χ1n) is 9.70. The van der Waals surface area contributed by atoms with Gasteiger partial charge >= 0.3 is 0 Å². The summed E-state index contributed by atoms with van der Waals surface area (Å²) < 4.78 is 0. The van der Waals surface area contributed by atoms with Crippen LogP contribution < -0.4 is 10.6 Å². The minimum absolute atomic E-state index is 0.110. The van der Waals surface area contributed by atoms with Crippen LogP contribution in [0.2, 0.25) is 0 Å². The van der Waals surface area contributed by atoms with Crippen molar-refractivity contribution >= 4 is 17.7 Å². The summed E-state index contributed by atoms with van der Waals surface area (Å²) in [6, 6.07) is 5.80. The van der Waals surface area contributed by atoms with Gasteiger partial charge in [0.1, 0.15) is 6.04 Å². The molecule has 2 atom stereocenters. The molecule has 0 aromatic heterocycles. The number of amides is 3. The minimum atomic E-state index is -0.559. The Morgan fingerprint density at radius 2 is 2.07 bits per heavy atom. The number of imide groups is 1. The van der Waals surface area contributed by atoms with E-state index < -0.39 is 6.04 Å². The molecule has 3 heterocycles. The zero-order valence-electron chi connectivity index (χ0n) is 15.7. The number of hydrogen-bond donors (Lipinski definition) is 2. The fourth-order valence-electron chi connectivity index (χ4n) is 4.44. The smallest absolute Gasteiger partial charge is 0.255 e. The van der Waals surface area contributed by atoms with Gasteiger partial charge in [0.05, 0.1) is 0 Å². The highest BCUT2D eigenvalue weighted by Gasteiger charge is 2.39. The number of hydrogen-bond acceptors (Lipinski definition) is 5. The first-order chi connectivity index (χ1) is 13.0. The van der Waals surface area contributed by atoms with Crippen molar-refractivity contribution < 1.29 is 14.4 Å². The molecule has 7 heteroatoms. The molecule has 7 nitrogen and oxygen atoms in total. The van der Waals surface area contributed by atoms with Gasteiger partial charge in [-0.2, -0.15) is 0 Å². The second-order valence-corrected chi connectivity index (χ2v) is 7.83. The van der Waals surface area contributed by atoms with Gasteiger partial charge in [-0.1, -0.05) is 12.1 Å². The van der Waals surface area contributed by atoms with Gasteiger partial charge in [0.15, 0.2) is 0 Å². The van der Waals surface area contributed by atoms with E-state index in [1.54, 1.807) is 4.90 Å². The zero-order chi connectivity index (χ0) is 19.0. The lowest BCUT2D eigenvalue weighted by atomic mass is 10.0. The number of benzene rings is 1. The van der Waals surface area contributed by atoms with E-state index in [0.29, 0.717) is 24.6 Å². The van der Waals surface area contributed by atoms with Crippen LogP contribution in [0.1, 0.15) is 47.2 Å². The highest BCUT2D eigenvalue weighted by atomic mass is 16.2. The number of likely N-dealkylation sites (N-methyl/N-ethyl adjacent to an activating group) is 1. The molecule has 2 fully saturated rings. The van der Waals surface area contributed by atoms with E-state index in [4.69, 9.17) is 0 Å². The quantitative estimate of drug-likeness (QED) is 0.743. The van der Waals surface area contributed by atoms with Crippen LogP contribution in [-0.4, -0.2) is 59.7 Å². The van der Waals surface area contributed by atoms with Crippen LogP contribution in [0.4, 0.5) is 0 Å². The summed E-state index contributed by atoms with van der Waals surface area (Å²) in [6.45, 7) is 3.28. The van der Waals surface area contributed by atoms with Crippen LogP contribution in [0.15, 0.2) is 18.2 Å². The summed E-state index contributed by atoms with van der Waals surface area (Å²) in [4.78, 5) is 40.4. The molecule has 0 bridgehead atoms. The number of carbonyl (C=O) groups excluding carboxylic acids is 3. The van der Waals surface area contributed by atoms with E-state index in [-0.39, 0.29) is 24.1 Å². The van der Waals surface area contributed by atoms with E-state index in [2.05, 4.69) is 28.6 Å². The van der Waals surface area contributed by atoms with E-state index in [1.165, 1.54) is 12.8 Å². The second-order valence-electron chi connectivity index (χ2n) is 7.83. The molecule has 1 aromatic rings. The van der Waals surface area contributed by atoms with E-state index in [1.807, 2.05) is 12.1 Å². The standard InChI is InChI=1S/C20H26N4O3/c1-23(11-14-5-3-9-21-14)10-13-4-2-6-15-16(13)12-24(20(15)27)17-7-8-18(25)22-19(17)26/h2,4,6,14,17,21H,3,5,7-12H2,1H3,(H,22,25,26)/t14-,17?/m0/s1. The normalized spacial score (nSPS) is 25.3. The van der Waals surface area contributed by atoms with E-state index in [9.17, 15) is 14.4 Å². The average Bonchev–Trinajstić information content (AvgIpc) is 3.24. The molecular weight excluding hydrogens is 344 g/mol. The Labute approximate surface area is 159 Å². The third kappa shape index (κ3) is 3.61. The lowest BCUT2D eigenvalue weighted by Gasteiger charge is -2.29. The molecule has 1 aromatic carbocycles. The fourth-order valence-corrected chi connectivity index (χ4v) is 4.44.